The lowest BCUT2D eigenvalue weighted by atomic mass is 9.95. The zero-order valence-electron chi connectivity index (χ0n) is 26.5. The lowest BCUT2D eigenvalue weighted by molar-refractivity contribution is -0.140. The van der Waals surface area contributed by atoms with Crippen molar-refractivity contribution in [1.29, 1.82) is 0 Å². The highest BCUT2D eigenvalue weighted by Crippen LogP contribution is 2.31. The third kappa shape index (κ3) is 6.53. The van der Waals surface area contributed by atoms with Gasteiger partial charge in [0.15, 0.2) is 5.72 Å². The third-order valence-corrected chi connectivity index (χ3v) is 8.83. The molecule has 45 heavy (non-hydrogen) atoms. The molecule has 0 spiro atoms. The number of aliphatic hydroxyl groups is 1. The molecular weight excluding hydrogens is 576 g/mol. The summed E-state index contributed by atoms with van der Waals surface area (Å²) in [5.74, 6) is -2.28. The van der Waals surface area contributed by atoms with Gasteiger partial charge < -0.3 is 30.2 Å². The van der Waals surface area contributed by atoms with Crippen LogP contribution >= 0.6 is 0 Å². The van der Waals surface area contributed by atoms with E-state index in [4.69, 9.17) is 4.74 Å². The molecule has 0 fully saturated rings. The molecule has 11 heteroatoms. The SMILES string of the molecule is C=CC1=C(C)C(O)(Cc2[nH]c(C=c3[nH]c(=CC4=NC(=O)C(C)C4=CC)c(C)c3CCC(=O)OC)c(CCC(=O)O)c2C)NC1=O. The summed E-state index contributed by atoms with van der Waals surface area (Å²) in [6.07, 6.45) is 7.61. The van der Waals surface area contributed by atoms with E-state index in [0.717, 1.165) is 33.2 Å². The highest BCUT2D eigenvalue weighted by atomic mass is 16.5. The smallest absolute Gasteiger partial charge is 0.305 e. The van der Waals surface area contributed by atoms with Crippen LogP contribution in [0, 0.1) is 19.8 Å². The Kier molecular flexibility index (Phi) is 9.62. The largest absolute Gasteiger partial charge is 0.481 e. The van der Waals surface area contributed by atoms with Crippen molar-refractivity contribution in [2.75, 3.05) is 7.11 Å². The van der Waals surface area contributed by atoms with Gasteiger partial charge in [0, 0.05) is 46.9 Å². The number of carbonyl (C=O) groups is 4. The summed E-state index contributed by atoms with van der Waals surface area (Å²) in [7, 11) is 1.33. The summed E-state index contributed by atoms with van der Waals surface area (Å²) in [5.41, 5.74) is 5.00. The molecule has 0 saturated carbocycles. The van der Waals surface area contributed by atoms with Gasteiger partial charge in [0.2, 0.25) is 0 Å². The Hall–Kier alpha value is -4.77. The van der Waals surface area contributed by atoms with Crippen molar-refractivity contribution in [1.82, 2.24) is 15.3 Å². The number of carboxylic acids is 1. The maximum absolute atomic E-state index is 12.4. The number of nitrogens with zero attached hydrogens (tertiary/aromatic N) is 1. The Morgan fingerprint density at radius 1 is 1.04 bits per heavy atom. The molecule has 238 valence electrons. The molecule has 0 aromatic carbocycles. The number of allylic oxidation sites excluding steroid dienone is 1. The molecule has 2 unspecified atom stereocenters. The van der Waals surface area contributed by atoms with Gasteiger partial charge in [-0.1, -0.05) is 18.7 Å². The summed E-state index contributed by atoms with van der Waals surface area (Å²) >= 11 is 0. The van der Waals surface area contributed by atoms with Crippen LogP contribution in [0.4, 0.5) is 0 Å². The van der Waals surface area contributed by atoms with Gasteiger partial charge in [-0.3, -0.25) is 19.2 Å². The van der Waals surface area contributed by atoms with E-state index >= 15 is 0 Å². The number of aromatic nitrogens is 2. The minimum absolute atomic E-state index is 0.0256. The topological polar surface area (TPSA) is 174 Å². The fourth-order valence-corrected chi connectivity index (χ4v) is 6.02. The molecule has 4 rings (SSSR count). The van der Waals surface area contributed by atoms with Gasteiger partial charge in [-0.05, 0) is 93.0 Å². The first-order chi connectivity index (χ1) is 21.2. The van der Waals surface area contributed by atoms with E-state index in [1.54, 1.807) is 6.92 Å². The highest BCUT2D eigenvalue weighted by molar-refractivity contribution is 6.29. The number of hydrogen-bond acceptors (Lipinski definition) is 6. The minimum Gasteiger partial charge on any atom is -0.481 e. The number of ether oxygens (including phenoxy) is 1. The number of carbonyl (C=O) groups excluding carboxylic acids is 3. The van der Waals surface area contributed by atoms with E-state index in [1.807, 2.05) is 45.9 Å². The van der Waals surface area contributed by atoms with E-state index in [0.29, 0.717) is 40.0 Å². The second kappa shape index (κ2) is 13.1. The lowest BCUT2D eigenvalue weighted by Gasteiger charge is -2.24. The van der Waals surface area contributed by atoms with Gasteiger partial charge >= 0.3 is 11.9 Å². The lowest BCUT2D eigenvalue weighted by Crippen LogP contribution is -2.46. The van der Waals surface area contributed by atoms with Crippen molar-refractivity contribution in [2.24, 2.45) is 10.9 Å². The maximum atomic E-state index is 12.4. The standard InChI is InChI=1S/C34H40N4O7/c1-8-21-19(5)32(42)37-26(21)14-25-17(3)24(11-13-31(41)45-7)27(35-25)15-28-23(10-12-30(39)40)18(4)29(36-28)16-34(44)20(6)22(9-2)33(43)38-34/h8-9,14-15,19,35-36,44H,2,10-13,16H2,1,3-7H3,(H,38,43)(H,39,40). The summed E-state index contributed by atoms with van der Waals surface area (Å²) < 4.78 is 4.88. The molecule has 4 heterocycles. The van der Waals surface area contributed by atoms with Crippen LogP contribution in [0.5, 0.6) is 0 Å². The first-order valence-corrected chi connectivity index (χ1v) is 14.8. The van der Waals surface area contributed by atoms with Gasteiger partial charge in [0.1, 0.15) is 0 Å². The molecule has 0 bridgehead atoms. The molecule has 2 aliphatic heterocycles. The van der Waals surface area contributed by atoms with Gasteiger partial charge in [-0.25, -0.2) is 4.99 Å². The number of hydrogen-bond donors (Lipinski definition) is 5. The summed E-state index contributed by atoms with van der Waals surface area (Å²) in [5, 5.41) is 24.9. The molecule has 2 atom stereocenters. The monoisotopic (exact) mass is 616 g/mol. The van der Waals surface area contributed by atoms with Crippen molar-refractivity contribution in [2.45, 2.75) is 72.4 Å². The van der Waals surface area contributed by atoms with Crippen LogP contribution in [0.2, 0.25) is 0 Å². The minimum atomic E-state index is -1.64. The molecule has 2 aliphatic rings. The molecule has 2 amide bonds. The van der Waals surface area contributed by atoms with E-state index < -0.39 is 17.6 Å². The van der Waals surface area contributed by atoms with Crippen LogP contribution in [0.25, 0.3) is 12.2 Å². The molecule has 0 saturated heterocycles. The van der Waals surface area contributed by atoms with Crippen LogP contribution in [0.3, 0.4) is 0 Å². The second-order valence-corrected chi connectivity index (χ2v) is 11.5. The molecule has 11 nitrogen and oxygen atoms in total. The number of amides is 2. The van der Waals surface area contributed by atoms with Crippen LogP contribution in [0.1, 0.15) is 67.3 Å². The highest BCUT2D eigenvalue weighted by Gasteiger charge is 2.41. The average molecular weight is 617 g/mol. The van der Waals surface area contributed by atoms with E-state index in [9.17, 15) is 29.4 Å². The van der Waals surface area contributed by atoms with Crippen LogP contribution in [0.15, 0.2) is 40.4 Å². The number of methoxy groups -OCH3 is 1. The Bertz CT molecular complexity index is 1820. The van der Waals surface area contributed by atoms with E-state index in [2.05, 4.69) is 26.9 Å². The summed E-state index contributed by atoms with van der Waals surface area (Å²) in [6.45, 7) is 12.8. The predicted octanol–water partition coefficient (Wildman–Crippen LogP) is 2.12. The molecule has 2 aromatic rings. The Labute approximate surface area is 261 Å². The molecule has 2 aromatic heterocycles. The van der Waals surface area contributed by atoms with Crippen LogP contribution in [-0.2, 0) is 43.2 Å². The number of aliphatic imine (C=N–C) groups is 1. The quantitative estimate of drug-likeness (QED) is 0.240. The molecule has 0 radical (unpaired) electrons. The number of nitrogens with one attached hydrogen (secondary N) is 3. The number of aliphatic carboxylic acids is 1. The number of rotatable bonds is 11. The van der Waals surface area contributed by atoms with Crippen molar-refractivity contribution in [3.8, 4) is 0 Å². The fraction of sp³-hybridized carbons (Fsp3) is 0.382. The zero-order valence-corrected chi connectivity index (χ0v) is 26.5. The van der Waals surface area contributed by atoms with Crippen LogP contribution in [-0.4, -0.2) is 62.5 Å². The fourth-order valence-electron chi connectivity index (χ4n) is 6.02. The van der Waals surface area contributed by atoms with Gasteiger partial charge in [-0.2, -0.15) is 0 Å². The Balaban J connectivity index is 1.89. The van der Waals surface area contributed by atoms with Crippen molar-refractivity contribution < 1.29 is 34.1 Å². The molecule has 0 aliphatic carbocycles. The average Bonchev–Trinajstić information content (AvgIpc) is 3.61. The number of carboxylic acid groups (broad SMARTS) is 1. The van der Waals surface area contributed by atoms with Crippen molar-refractivity contribution >= 4 is 41.6 Å². The van der Waals surface area contributed by atoms with Crippen LogP contribution < -0.4 is 16.0 Å². The Morgan fingerprint density at radius 3 is 2.33 bits per heavy atom. The normalized spacial score (nSPS) is 21.6. The zero-order chi connectivity index (χ0) is 33.2. The summed E-state index contributed by atoms with van der Waals surface area (Å²) in [6, 6.07) is 0. The van der Waals surface area contributed by atoms with Gasteiger partial charge in [-0.15, -0.1) is 0 Å². The van der Waals surface area contributed by atoms with Crippen molar-refractivity contribution in [3.63, 3.8) is 0 Å². The second-order valence-electron chi connectivity index (χ2n) is 11.5. The van der Waals surface area contributed by atoms with Crippen molar-refractivity contribution in [3.05, 3.63) is 79.8 Å². The Morgan fingerprint density at radius 2 is 1.73 bits per heavy atom. The molecule has 5 N–H and O–H groups in total. The van der Waals surface area contributed by atoms with Gasteiger partial charge in [0.05, 0.1) is 18.7 Å². The first kappa shape index (κ1) is 33.1. The first-order valence-electron chi connectivity index (χ1n) is 14.8. The van der Waals surface area contributed by atoms with Gasteiger partial charge in [0.25, 0.3) is 11.8 Å². The number of esters is 1. The maximum Gasteiger partial charge on any atom is 0.305 e. The summed E-state index contributed by atoms with van der Waals surface area (Å²) in [4.78, 5) is 59.5. The molecular formula is C34H40N4O7. The van der Waals surface area contributed by atoms with E-state index in [-0.39, 0.29) is 43.5 Å². The van der Waals surface area contributed by atoms with E-state index in [1.165, 1.54) is 13.2 Å². The number of H-pyrrole nitrogens is 2. The third-order valence-electron chi connectivity index (χ3n) is 8.83. The predicted molar refractivity (Wildman–Crippen MR) is 170 cm³/mol. The number of aromatic amines is 2.